The van der Waals surface area contributed by atoms with Crippen LogP contribution in [0.1, 0.15) is 75.7 Å². The molecule has 3 fully saturated rings. The molecule has 3 saturated carbocycles. The van der Waals surface area contributed by atoms with E-state index in [1.165, 1.54) is 17.7 Å². The summed E-state index contributed by atoms with van der Waals surface area (Å²) in [6.45, 7) is 6.27. The molecule has 3 aromatic rings. The van der Waals surface area contributed by atoms with Gasteiger partial charge in [0.1, 0.15) is 11.4 Å². The van der Waals surface area contributed by atoms with Gasteiger partial charge in [0.25, 0.3) is 5.91 Å². The fourth-order valence-electron chi connectivity index (χ4n) is 9.49. The van der Waals surface area contributed by atoms with Gasteiger partial charge in [0.2, 0.25) is 0 Å². The zero-order chi connectivity index (χ0) is 29.4. The summed E-state index contributed by atoms with van der Waals surface area (Å²) in [7, 11) is 0. The van der Waals surface area contributed by atoms with Crippen molar-refractivity contribution >= 4 is 12.0 Å². The molecule has 7 rings (SSSR count). The molecule has 0 aliphatic heterocycles. The summed E-state index contributed by atoms with van der Waals surface area (Å²) in [4.78, 5) is 13.8. The topological polar surface area (TPSA) is 87.4 Å². The first-order chi connectivity index (χ1) is 20.0. The molecular formula is C35H40FN3O3. The Hall–Kier alpha value is -3.29. The molecule has 2 aromatic carbocycles. The van der Waals surface area contributed by atoms with E-state index in [2.05, 4.69) is 23.4 Å². The molecule has 1 aromatic heterocycles. The van der Waals surface area contributed by atoms with Crippen LogP contribution in [0.5, 0.6) is 0 Å². The number of carbonyl (C=O) groups is 1. The Balaban J connectivity index is 1.17. The summed E-state index contributed by atoms with van der Waals surface area (Å²) in [6.07, 6.45) is 7.69. The van der Waals surface area contributed by atoms with Crippen LogP contribution < -0.4 is 5.32 Å². The van der Waals surface area contributed by atoms with Crippen LogP contribution in [0.3, 0.4) is 0 Å². The van der Waals surface area contributed by atoms with Crippen LogP contribution in [0, 0.1) is 34.4 Å². The van der Waals surface area contributed by atoms with E-state index in [4.69, 9.17) is 0 Å². The van der Waals surface area contributed by atoms with Gasteiger partial charge in [-0.3, -0.25) is 4.79 Å². The monoisotopic (exact) mass is 569 g/mol. The van der Waals surface area contributed by atoms with Crippen LogP contribution >= 0.6 is 0 Å². The highest BCUT2D eigenvalue weighted by molar-refractivity contribution is 5.87. The lowest BCUT2D eigenvalue weighted by Crippen LogP contribution is -2.63. The number of hydrogen-bond acceptors (Lipinski definition) is 4. The minimum absolute atomic E-state index is 0.0338. The third-order valence-corrected chi connectivity index (χ3v) is 11.7. The van der Waals surface area contributed by atoms with Crippen LogP contribution in [0.4, 0.5) is 4.39 Å². The minimum Gasteiger partial charge on any atom is -0.393 e. The van der Waals surface area contributed by atoms with Crippen molar-refractivity contribution in [3.63, 3.8) is 0 Å². The minimum atomic E-state index is -1.53. The third kappa shape index (κ3) is 3.89. The van der Waals surface area contributed by atoms with E-state index in [1.807, 2.05) is 55.1 Å². The van der Waals surface area contributed by atoms with Gasteiger partial charge in [0, 0.05) is 5.41 Å². The lowest BCUT2D eigenvalue weighted by molar-refractivity contribution is -0.181. The van der Waals surface area contributed by atoms with Crippen molar-refractivity contribution in [2.75, 3.05) is 0 Å². The molecule has 4 aliphatic rings. The highest BCUT2D eigenvalue weighted by Gasteiger charge is 2.68. The van der Waals surface area contributed by atoms with Crippen LogP contribution in [0.15, 0.2) is 66.4 Å². The number of aromatic nitrogens is 2. The van der Waals surface area contributed by atoms with Crippen molar-refractivity contribution in [1.29, 1.82) is 0 Å². The SMILES string of the molecule is C[C@H](NC(=O)[C@@]1(O)CCC2C3CCC4=Cc5c(cnn5-c5ccc(F)cc5)C[C@]4(C)C3C(O)C[C@@]21C)c1ccccc1. The molecule has 0 bridgehead atoms. The number of nitrogens with zero attached hydrogens (tertiary/aromatic N) is 2. The second-order valence-corrected chi connectivity index (χ2v) is 13.7. The lowest BCUT2D eigenvalue weighted by atomic mass is 9.45. The summed E-state index contributed by atoms with van der Waals surface area (Å²) < 4.78 is 15.5. The predicted octanol–water partition coefficient (Wildman–Crippen LogP) is 5.77. The van der Waals surface area contributed by atoms with Gasteiger partial charge in [-0.15, -0.1) is 0 Å². The quantitative estimate of drug-likeness (QED) is 0.372. The number of carbonyl (C=O) groups excluding carboxylic acids is 1. The fourth-order valence-corrected chi connectivity index (χ4v) is 9.49. The average molecular weight is 570 g/mol. The molecule has 4 aliphatic carbocycles. The molecule has 42 heavy (non-hydrogen) atoms. The first-order valence-electron chi connectivity index (χ1n) is 15.4. The zero-order valence-corrected chi connectivity index (χ0v) is 24.6. The third-order valence-electron chi connectivity index (χ3n) is 11.7. The van der Waals surface area contributed by atoms with Gasteiger partial charge >= 0.3 is 0 Å². The van der Waals surface area contributed by atoms with Crippen LogP contribution in [0.2, 0.25) is 0 Å². The van der Waals surface area contributed by atoms with Crippen molar-refractivity contribution in [2.24, 2.45) is 28.6 Å². The zero-order valence-electron chi connectivity index (χ0n) is 24.6. The summed E-state index contributed by atoms with van der Waals surface area (Å²) >= 11 is 0. The second kappa shape index (κ2) is 9.61. The lowest BCUT2D eigenvalue weighted by Gasteiger charge is -2.60. The number of benzene rings is 2. The summed E-state index contributed by atoms with van der Waals surface area (Å²) in [5.74, 6) is -0.207. The van der Waals surface area contributed by atoms with Crippen molar-refractivity contribution < 1.29 is 19.4 Å². The van der Waals surface area contributed by atoms with Gasteiger partial charge in [-0.25, -0.2) is 9.07 Å². The smallest absolute Gasteiger partial charge is 0.253 e. The summed E-state index contributed by atoms with van der Waals surface area (Å²) in [5, 5.41) is 31.8. The standard InChI is InChI=1S/C35H40FN3O3/c1-21(22-7-5-4-6-8-22)38-32(41)35(42)16-15-28-27-14-9-24-17-29-23(20-37-39(29)26-12-10-25(36)11-13-26)18-33(24,2)31(27)30(40)19-34(28,35)3/h4-8,10-13,17,20-21,27-28,30-31,40,42H,9,14-16,18-19H2,1-3H3,(H,38,41)/t21-,27?,28?,30?,31?,33-,34-,35-/m0/s1. The highest BCUT2D eigenvalue weighted by Crippen LogP contribution is 2.67. The van der Waals surface area contributed by atoms with E-state index in [0.29, 0.717) is 12.8 Å². The Labute approximate surface area is 246 Å². The van der Waals surface area contributed by atoms with Crippen LogP contribution in [-0.2, 0) is 11.2 Å². The van der Waals surface area contributed by atoms with Crippen molar-refractivity contribution in [2.45, 2.75) is 77.0 Å². The van der Waals surface area contributed by atoms with Crippen LogP contribution in [0.25, 0.3) is 11.8 Å². The number of halogens is 1. The van der Waals surface area contributed by atoms with E-state index < -0.39 is 17.1 Å². The molecule has 4 unspecified atom stereocenters. The maximum Gasteiger partial charge on any atom is 0.253 e. The Bertz CT molecular complexity index is 1550. The number of fused-ring (bicyclic) bond motifs is 6. The molecule has 1 amide bonds. The molecule has 7 heteroatoms. The van der Waals surface area contributed by atoms with E-state index in [9.17, 15) is 19.4 Å². The largest absolute Gasteiger partial charge is 0.393 e. The molecule has 220 valence electrons. The highest BCUT2D eigenvalue weighted by atomic mass is 19.1. The first kappa shape index (κ1) is 27.5. The Morgan fingerprint density at radius 2 is 1.86 bits per heavy atom. The normalized spacial score (nSPS) is 35.7. The summed E-state index contributed by atoms with van der Waals surface area (Å²) in [5.41, 5.74) is 2.83. The molecule has 6 nitrogen and oxygen atoms in total. The number of nitrogens with one attached hydrogen (secondary N) is 1. The maximum atomic E-state index is 13.8. The molecule has 1 heterocycles. The van der Waals surface area contributed by atoms with Crippen LogP contribution in [-0.4, -0.2) is 37.6 Å². The van der Waals surface area contributed by atoms with Gasteiger partial charge in [-0.1, -0.05) is 49.8 Å². The molecular weight excluding hydrogens is 529 g/mol. The van der Waals surface area contributed by atoms with Gasteiger partial charge in [0.15, 0.2) is 0 Å². The van der Waals surface area contributed by atoms with Crippen molar-refractivity contribution in [1.82, 2.24) is 15.1 Å². The predicted molar refractivity (Wildman–Crippen MR) is 159 cm³/mol. The molecule has 0 radical (unpaired) electrons. The number of amides is 1. The number of aliphatic hydroxyl groups is 2. The number of allylic oxidation sites excluding steroid dienone is 1. The maximum absolute atomic E-state index is 13.8. The molecule has 0 saturated heterocycles. The van der Waals surface area contributed by atoms with Gasteiger partial charge in [-0.05, 0) is 110 Å². The van der Waals surface area contributed by atoms with Gasteiger partial charge in [-0.2, -0.15) is 5.10 Å². The Morgan fingerprint density at radius 3 is 2.60 bits per heavy atom. The summed E-state index contributed by atoms with van der Waals surface area (Å²) in [6, 6.07) is 16.0. The fraction of sp³-hybridized carbons (Fsp3) is 0.486. The number of rotatable bonds is 4. The van der Waals surface area contributed by atoms with E-state index in [-0.39, 0.29) is 40.9 Å². The van der Waals surface area contributed by atoms with Crippen molar-refractivity contribution in [3.8, 4) is 5.69 Å². The average Bonchev–Trinajstić information content (AvgIpc) is 3.49. The number of hydrogen-bond donors (Lipinski definition) is 3. The van der Waals surface area contributed by atoms with E-state index in [0.717, 1.165) is 48.2 Å². The van der Waals surface area contributed by atoms with E-state index >= 15 is 0 Å². The number of aliphatic hydroxyl groups excluding tert-OH is 1. The Morgan fingerprint density at radius 1 is 1.12 bits per heavy atom. The molecule has 8 atom stereocenters. The van der Waals surface area contributed by atoms with Crippen molar-refractivity contribution in [3.05, 3.63) is 89.0 Å². The molecule has 0 spiro atoms. The first-order valence-corrected chi connectivity index (χ1v) is 15.4. The second-order valence-electron chi connectivity index (χ2n) is 13.7. The van der Waals surface area contributed by atoms with Gasteiger partial charge in [0.05, 0.1) is 29.7 Å². The van der Waals surface area contributed by atoms with E-state index in [1.54, 1.807) is 12.1 Å². The Kier molecular flexibility index (Phi) is 6.30. The molecule has 3 N–H and O–H groups in total. The van der Waals surface area contributed by atoms with Gasteiger partial charge < -0.3 is 15.5 Å².